The van der Waals surface area contributed by atoms with Crippen LogP contribution < -0.4 is 0 Å². The normalized spacial score (nSPS) is 10.3. The summed E-state index contributed by atoms with van der Waals surface area (Å²) in [4.78, 5) is 0. The third-order valence-corrected chi connectivity index (χ3v) is 4.01. The smallest absolute Gasteiger partial charge is 0.197 e. The van der Waals surface area contributed by atoms with Gasteiger partial charge in [-0.05, 0) is 32.0 Å². The van der Waals surface area contributed by atoms with Crippen LogP contribution in [0.3, 0.4) is 0 Å². The van der Waals surface area contributed by atoms with Crippen molar-refractivity contribution in [3.8, 4) is 28.9 Å². The fraction of sp³-hybridized carbons (Fsp3) is 0.176. The SMILES string of the molecule is CC#CCSc1nnc(-c2ccoc2C)n1-c1ccccc1. The van der Waals surface area contributed by atoms with Gasteiger partial charge in [0.15, 0.2) is 11.0 Å². The van der Waals surface area contributed by atoms with Gasteiger partial charge >= 0.3 is 0 Å². The van der Waals surface area contributed by atoms with Crippen LogP contribution in [0, 0.1) is 18.8 Å². The Hall–Kier alpha value is -2.45. The fourth-order valence-electron chi connectivity index (χ4n) is 2.14. The third-order valence-electron chi connectivity index (χ3n) is 3.20. The molecule has 3 aromatic rings. The number of aromatic nitrogens is 3. The molecule has 0 saturated heterocycles. The van der Waals surface area contributed by atoms with Crippen LogP contribution >= 0.6 is 11.8 Å². The first-order valence-corrected chi connectivity index (χ1v) is 7.87. The Balaban J connectivity index is 2.10. The van der Waals surface area contributed by atoms with Gasteiger partial charge < -0.3 is 4.42 Å². The van der Waals surface area contributed by atoms with E-state index in [0.29, 0.717) is 5.75 Å². The minimum Gasteiger partial charge on any atom is -0.469 e. The Morgan fingerprint density at radius 2 is 2.00 bits per heavy atom. The summed E-state index contributed by atoms with van der Waals surface area (Å²) in [5, 5.41) is 9.51. The molecule has 0 spiro atoms. The van der Waals surface area contributed by atoms with Crippen LogP contribution in [0.15, 0.2) is 52.2 Å². The van der Waals surface area contributed by atoms with E-state index < -0.39 is 0 Å². The monoisotopic (exact) mass is 309 g/mol. The zero-order valence-electron chi connectivity index (χ0n) is 12.4. The summed E-state index contributed by atoms with van der Waals surface area (Å²) in [5.74, 6) is 8.24. The van der Waals surface area contributed by atoms with Gasteiger partial charge in [0, 0.05) is 5.69 Å². The first-order chi connectivity index (χ1) is 10.8. The quantitative estimate of drug-likeness (QED) is 0.540. The number of hydrogen-bond donors (Lipinski definition) is 0. The van der Waals surface area contributed by atoms with Crippen molar-refractivity contribution in [2.75, 3.05) is 5.75 Å². The molecular weight excluding hydrogens is 294 g/mol. The molecule has 110 valence electrons. The van der Waals surface area contributed by atoms with Crippen LogP contribution in [0.4, 0.5) is 0 Å². The lowest BCUT2D eigenvalue weighted by Gasteiger charge is -2.08. The van der Waals surface area contributed by atoms with Crippen LogP contribution in [0.5, 0.6) is 0 Å². The van der Waals surface area contributed by atoms with E-state index in [4.69, 9.17) is 4.42 Å². The zero-order chi connectivity index (χ0) is 15.4. The summed E-state index contributed by atoms with van der Waals surface area (Å²) < 4.78 is 7.45. The average Bonchev–Trinajstić information content (AvgIpc) is 3.14. The van der Waals surface area contributed by atoms with E-state index in [1.165, 1.54) is 0 Å². The predicted octanol–water partition coefficient (Wildman–Crippen LogP) is 3.95. The van der Waals surface area contributed by atoms with Gasteiger partial charge in [-0.15, -0.1) is 16.1 Å². The molecule has 22 heavy (non-hydrogen) atoms. The molecule has 0 aliphatic rings. The molecule has 0 fully saturated rings. The van der Waals surface area contributed by atoms with Gasteiger partial charge in [0.25, 0.3) is 0 Å². The Bertz CT molecular complexity index is 824. The van der Waals surface area contributed by atoms with Gasteiger partial charge in [0.2, 0.25) is 0 Å². The van der Waals surface area contributed by atoms with E-state index in [1.807, 2.05) is 54.8 Å². The summed E-state index contributed by atoms with van der Waals surface area (Å²) in [5.41, 5.74) is 1.97. The van der Waals surface area contributed by atoms with Gasteiger partial charge in [-0.2, -0.15) is 0 Å². The van der Waals surface area contributed by atoms with Crippen molar-refractivity contribution in [3.05, 3.63) is 48.4 Å². The second kappa shape index (κ2) is 6.54. The minimum atomic E-state index is 0.686. The molecule has 0 bridgehead atoms. The molecule has 0 aliphatic carbocycles. The predicted molar refractivity (Wildman–Crippen MR) is 88.0 cm³/mol. The zero-order valence-corrected chi connectivity index (χ0v) is 13.2. The molecule has 0 amide bonds. The van der Waals surface area contributed by atoms with Crippen LogP contribution in [-0.2, 0) is 0 Å². The van der Waals surface area contributed by atoms with E-state index in [9.17, 15) is 0 Å². The number of rotatable bonds is 4. The topological polar surface area (TPSA) is 43.9 Å². The van der Waals surface area contributed by atoms with Crippen molar-refractivity contribution in [1.29, 1.82) is 0 Å². The van der Waals surface area contributed by atoms with E-state index in [1.54, 1.807) is 18.0 Å². The number of hydrogen-bond acceptors (Lipinski definition) is 4. The van der Waals surface area contributed by atoms with Gasteiger partial charge in [0.05, 0.1) is 17.6 Å². The summed E-state index contributed by atoms with van der Waals surface area (Å²) >= 11 is 1.58. The third kappa shape index (κ3) is 2.78. The molecule has 4 nitrogen and oxygen atoms in total. The first kappa shape index (κ1) is 14.5. The molecule has 3 rings (SSSR count). The minimum absolute atomic E-state index is 0.686. The summed E-state index contributed by atoms with van der Waals surface area (Å²) in [6, 6.07) is 12.0. The van der Waals surface area contributed by atoms with Crippen LogP contribution in [0.2, 0.25) is 0 Å². The molecular formula is C17H15N3OS. The highest BCUT2D eigenvalue weighted by Gasteiger charge is 2.18. The van der Waals surface area contributed by atoms with Crippen LogP contribution in [-0.4, -0.2) is 20.5 Å². The molecule has 2 aromatic heterocycles. The number of para-hydroxylation sites is 1. The van der Waals surface area contributed by atoms with Gasteiger partial charge in [-0.1, -0.05) is 35.9 Å². The highest BCUT2D eigenvalue weighted by molar-refractivity contribution is 7.99. The summed E-state index contributed by atoms with van der Waals surface area (Å²) in [6.07, 6.45) is 1.67. The number of nitrogens with zero attached hydrogens (tertiary/aromatic N) is 3. The standard InChI is InChI=1S/C17H15N3OS/c1-3-4-12-22-17-19-18-16(15-10-11-21-13(15)2)20(17)14-8-6-5-7-9-14/h5-11H,12H2,1-2H3. The summed E-state index contributed by atoms with van der Waals surface area (Å²) in [6.45, 7) is 3.76. The number of benzene rings is 1. The van der Waals surface area contributed by atoms with Crippen molar-refractivity contribution in [3.63, 3.8) is 0 Å². The number of thioether (sulfide) groups is 1. The lowest BCUT2D eigenvalue weighted by atomic mass is 10.2. The molecule has 0 radical (unpaired) electrons. The van der Waals surface area contributed by atoms with E-state index >= 15 is 0 Å². The van der Waals surface area contributed by atoms with Crippen molar-refractivity contribution in [1.82, 2.24) is 14.8 Å². The Labute approximate surface area is 133 Å². The van der Waals surface area contributed by atoms with Crippen molar-refractivity contribution in [2.24, 2.45) is 0 Å². The molecule has 0 unspecified atom stereocenters. The maximum Gasteiger partial charge on any atom is 0.197 e. The van der Waals surface area contributed by atoms with E-state index in [-0.39, 0.29) is 0 Å². The lowest BCUT2D eigenvalue weighted by molar-refractivity contribution is 0.535. The van der Waals surface area contributed by atoms with Crippen molar-refractivity contribution in [2.45, 2.75) is 19.0 Å². The maximum absolute atomic E-state index is 5.41. The van der Waals surface area contributed by atoms with Crippen LogP contribution in [0.25, 0.3) is 17.1 Å². The van der Waals surface area contributed by atoms with Gasteiger partial charge in [0.1, 0.15) is 5.76 Å². The Morgan fingerprint density at radius 1 is 1.18 bits per heavy atom. The highest BCUT2D eigenvalue weighted by atomic mass is 32.2. The van der Waals surface area contributed by atoms with Crippen LogP contribution in [0.1, 0.15) is 12.7 Å². The number of furan rings is 1. The molecule has 5 heteroatoms. The van der Waals surface area contributed by atoms with E-state index in [0.717, 1.165) is 28.0 Å². The molecule has 0 N–H and O–H groups in total. The fourth-order valence-corrected chi connectivity index (χ4v) is 2.90. The Morgan fingerprint density at radius 3 is 2.68 bits per heavy atom. The molecule has 0 saturated carbocycles. The maximum atomic E-state index is 5.41. The summed E-state index contributed by atoms with van der Waals surface area (Å²) in [7, 11) is 0. The van der Waals surface area contributed by atoms with Gasteiger partial charge in [-0.3, -0.25) is 4.57 Å². The number of aryl methyl sites for hydroxylation is 1. The van der Waals surface area contributed by atoms with Crippen molar-refractivity contribution >= 4 is 11.8 Å². The second-order valence-corrected chi connectivity index (χ2v) is 5.53. The molecule has 2 heterocycles. The van der Waals surface area contributed by atoms with E-state index in [2.05, 4.69) is 22.0 Å². The lowest BCUT2D eigenvalue weighted by Crippen LogP contribution is -1.99. The molecule has 0 aliphatic heterocycles. The molecule has 0 atom stereocenters. The second-order valence-electron chi connectivity index (χ2n) is 4.58. The largest absolute Gasteiger partial charge is 0.469 e. The van der Waals surface area contributed by atoms with Gasteiger partial charge in [-0.25, -0.2) is 0 Å². The molecule has 1 aromatic carbocycles. The first-order valence-electron chi connectivity index (χ1n) is 6.89. The van der Waals surface area contributed by atoms with Crippen molar-refractivity contribution < 1.29 is 4.42 Å². The highest BCUT2D eigenvalue weighted by Crippen LogP contribution is 2.29. The average molecular weight is 309 g/mol. The Kier molecular flexibility index (Phi) is 4.31.